The molecule has 0 fully saturated rings. The highest BCUT2D eigenvalue weighted by molar-refractivity contribution is 5.73. The number of H-pyrrole nitrogens is 1. The average Bonchev–Trinajstić information content (AvgIpc) is 3.23. The molecule has 24 heavy (non-hydrogen) atoms. The van der Waals surface area contributed by atoms with Gasteiger partial charge >= 0.3 is 0 Å². The molecule has 0 saturated heterocycles. The van der Waals surface area contributed by atoms with Gasteiger partial charge in [0.1, 0.15) is 5.75 Å². The van der Waals surface area contributed by atoms with Gasteiger partial charge in [-0.25, -0.2) is 4.98 Å². The summed E-state index contributed by atoms with van der Waals surface area (Å²) >= 11 is 0. The summed E-state index contributed by atoms with van der Waals surface area (Å²) in [6.45, 7) is 0. The summed E-state index contributed by atoms with van der Waals surface area (Å²) < 4.78 is 0. The van der Waals surface area contributed by atoms with Crippen molar-refractivity contribution in [3.63, 3.8) is 0 Å². The fraction of sp³-hybridized carbons (Fsp3) is 0. The molecule has 0 aliphatic carbocycles. The van der Waals surface area contributed by atoms with E-state index in [1.54, 1.807) is 30.9 Å². The highest BCUT2D eigenvalue weighted by atomic mass is 16.3. The van der Waals surface area contributed by atoms with E-state index < -0.39 is 0 Å². The Morgan fingerprint density at radius 1 is 0.667 bits per heavy atom. The number of nitrogens with zero attached hydrogens (tertiary/aromatic N) is 1. The zero-order valence-corrected chi connectivity index (χ0v) is 13.1. The number of hydrogen-bond acceptors (Lipinski definition) is 2. The Balaban J connectivity index is 0.000000290. The summed E-state index contributed by atoms with van der Waals surface area (Å²) in [5, 5.41) is 9.34. The highest BCUT2D eigenvalue weighted by Gasteiger charge is 2.01. The van der Waals surface area contributed by atoms with Crippen molar-refractivity contribution in [2.75, 3.05) is 0 Å². The van der Waals surface area contributed by atoms with E-state index in [0.717, 1.165) is 11.1 Å². The third-order valence-corrected chi connectivity index (χ3v) is 3.58. The maximum atomic E-state index is 9.34. The molecule has 0 aliphatic heterocycles. The number of hydrogen-bond donors (Lipinski definition) is 2. The first-order chi connectivity index (χ1) is 11.8. The van der Waals surface area contributed by atoms with Crippen LogP contribution in [0.1, 0.15) is 0 Å². The van der Waals surface area contributed by atoms with Crippen LogP contribution in [0, 0.1) is 0 Å². The lowest BCUT2D eigenvalue weighted by Crippen LogP contribution is -1.80. The van der Waals surface area contributed by atoms with Crippen molar-refractivity contribution in [1.82, 2.24) is 9.97 Å². The predicted molar refractivity (Wildman–Crippen MR) is 97.6 cm³/mol. The molecule has 3 nitrogen and oxygen atoms in total. The Kier molecular flexibility index (Phi) is 5.05. The third kappa shape index (κ3) is 4.11. The number of phenolic OH excluding ortho intramolecular Hbond substituents is 1. The summed E-state index contributed by atoms with van der Waals surface area (Å²) in [6.07, 6.45) is 5.08. The van der Waals surface area contributed by atoms with Gasteiger partial charge in [0.15, 0.2) is 0 Å². The van der Waals surface area contributed by atoms with E-state index >= 15 is 0 Å². The molecule has 1 heterocycles. The van der Waals surface area contributed by atoms with Crippen molar-refractivity contribution in [3.05, 3.63) is 97.6 Å². The van der Waals surface area contributed by atoms with E-state index in [4.69, 9.17) is 0 Å². The third-order valence-electron chi connectivity index (χ3n) is 3.58. The Bertz CT molecular complexity index is 837. The standard InChI is InChI=1S/C18H14O.C3H4N2/c19-18-11-9-15(10-12-18)17-8-4-7-16(13-17)14-5-2-1-3-6-14;1-2-5-3-4-1/h1-13,19H;1-3H,(H,4,5). The monoisotopic (exact) mass is 314 g/mol. The average molecular weight is 314 g/mol. The van der Waals surface area contributed by atoms with Gasteiger partial charge < -0.3 is 10.1 Å². The van der Waals surface area contributed by atoms with Crippen LogP contribution in [-0.2, 0) is 0 Å². The molecular formula is C21H18N2O. The SMILES string of the molecule is Oc1ccc(-c2cccc(-c3ccccc3)c2)cc1.c1c[nH]cn1. The summed E-state index contributed by atoms with van der Waals surface area (Å²) in [4.78, 5) is 6.42. The predicted octanol–water partition coefficient (Wildman–Crippen LogP) is 5.14. The van der Waals surface area contributed by atoms with Crippen LogP contribution in [0.15, 0.2) is 97.6 Å². The van der Waals surface area contributed by atoms with Gasteiger partial charge in [0, 0.05) is 12.4 Å². The first kappa shape index (κ1) is 15.6. The maximum absolute atomic E-state index is 9.34. The van der Waals surface area contributed by atoms with Crippen molar-refractivity contribution >= 4 is 0 Å². The smallest absolute Gasteiger partial charge is 0.115 e. The molecule has 0 atom stereocenters. The molecule has 3 aromatic carbocycles. The van der Waals surface area contributed by atoms with Crippen molar-refractivity contribution in [2.24, 2.45) is 0 Å². The van der Waals surface area contributed by atoms with Gasteiger partial charge in [-0.05, 0) is 40.5 Å². The number of benzene rings is 3. The van der Waals surface area contributed by atoms with Gasteiger partial charge in [0.25, 0.3) is 0 Å². The molecular weight excluding hydrogens is 296 g/mol. The lowest BCUT2D eigenvalue weighted by Gasteiger charge is -2.06. The molecule has 0 aliphatic rings. The van der Waals surface area contributed by atoms with Crippen LogP contribution in [0.5, 0.6) is 5.75 Å². The first-order valence-corrected chi connectivity index (χ1v) is 7.70. The second-order valence-corrected chi connectivity index (χ2v) is 5.25. The zero-order valence-electron chi connectivity index (χ0n) is 13.1. The molecule has 4 rings (SSSR count). The van der Waals surface area contributed by atoms with E-state index in [-0.39, 0.29) is 0 Å². The van der Waals surface area contributed by atoms with Gasteiger partial charge in [-0.15, -0.1) is 0 Å². The molecule has 2 N–H and O–H groups in total. The van der Waals surface area contributed by atoms with Crippen LogP contribution in [0.4, 0.5) is 0 Å². The highest BCUT2D eigenvalue weighted by Crippen LogP contribution is 2.27. The number of rotatable bonds is 2. The first-order valence-electron chi connectivity index (χ1n) is 7.70. The lowest BCUT2D eigenvalue weighted by molar-refractivity contribution is 0.475. The fourth-order valence-corrected chi connectivity index (χ4v) is 2.38. The van der Waals surface area contributed by atoms with E-state index in [9.17, 15) is 5.11 Å². The minimum absolute atomic E-state index is 0.294. The zero-order chi connectivity index (χ0) is 16.6. The molecule has 0 spiro atoms. The van der Waals surface area contributed by atoms with Gasteiger partial charge in [0.05, 0.1) is 6.33 Å². The second-order valence-electron chi connectivity index (χ2n) is 5.25. The molecule has 4 aromatic rings. The summed E-state index contributed by atoms with van der Waals surface area (Å²) in [5.74, 6) is 0.294. The number of aromatic amines is 1. The number of imidazole rings is 1. The van der Waals surface area contributed by atoms with E-state index in [1.165, 1.54) is 11.1 Å². The molecule has 3 heteroatoms. The number of aromatic nitrogens is 2. The van der Waals surface area contributed by atoms with E-state index in [1.807, 2.05) is 30.3 Å². The van der Waals surface area contributed by atoms with Crippen molar-refractivity contribution in [1.29, 1.82) is 0 Å². The number of aromatic hydroxyl groups is 1. The lowest BCUT2D eigenvalue weighted by atomic mass is 9.99. The molecule has 0 unspecified atom stereocenters. The van der Waals surface area contributed by atoms with Gasteiger partial charge in [-0.1, -0.05) is 60.7 Å². The van der Waals surface area contributed by atoms with Crippen LogP contribution >= 0.6 is 0 Å². The fourth-order valence-electron chi connectivity index (χ4n) is 2.38. The summed E-state index contributed by atoms with van der Waals surface area (Å²) in [6, 6.07) is 26.0. The van der Waals surface area contributed by atoms with Gasteiger partial charge in [0.2, 0.25) is 0 Å². The Labute approximate surface area is 141 Å². The van der Waals surface area contributed by atoms with Crippen LogP contribution < -0.4 is 0 Å². The molecule has 118 valence electrons. The van der Waals surface area contributed by atoms with Crippen molar-refractivity contribution in [3.8, 4) is 28.0 Å². The molecule has 1 aromatic heterocycles. The summed E-state index contributed by atoms with van der Waals surface area (Å²) in [5.41, 5.74) is 4.67. The van der Waals surface area contributed by atoms with Crippen molar-refractivity contribution in [2.45, 2.75) is 0 Å². The van der Waals surface area contributed by atoms with Gasteiger partial charge in [-0.2, -0.15) is 0 Å². The van der Waals surface area contributed by atoms with E-state index in [0.29, 0.717) is 5.75 Å². The Morgan fingerprint density at radius 3 is 1.83 bits per heavy atom. The molecule has 0 saturated carbocycles. The molecule has 0 bridgehead atoms. The van der Waals surface area contributed by atoms with Crippen LogP contribution in [0.2, 0.25) is 0 Å². The molecule has 0 radical (unpaired) electrons. The largest absolute Gasteiger partial charge is 0.508 e. The normalized spacial score (nSPS) is 9.83. The Morgan fingerprint density at radius 2 is 1.29 bits per heavy atom. The van der Waals surface area contributed by atoms with Crippen LogP contribution in [0.3, 0.4) is 0 Å². The second kappa shape index (κ2) is 7.79. The number of phenols is 1. The quantitative estimate of drug-likeness (QED) is 0.538. The summed E-state index contributed by atoms with van der Waals surface area (Å²) in [7, 11) is 0. The molecule has 0 amide bonds. The number of nitrogens with one attached hydrogen (secondary N) is 1. The minimum Gasteiger partial charge on any atom is -0.508 e. The maximum Gasteiger partial charge on any atom is 0.115 e. The minimum atomic E-state index is 0.294. The van der Waals surface area contributed by atoms with Crippen LogP contribution in [-0.4, -0.2) is 15.1 Å². The topological polar surface area (TPSA) is 48.9 Å². The van der Waals surface area contributed by atoms with Crippen LogP contribution in [0.25, 0.3) is 22.3 Å². The van der Waals surface area contributed by atoms with Crippen molar-refractivity contribution < 1.29 is 5.11 Å². The van der Waals surface area contributed by atoms with Gasteiger partial charge in [-0.3, -0.25) is 0 Å². The van der Waals surface area contributed by atoms with E-state index in [2.05, 4.69) is 46.4 Å². The Hall–Kier alpha value is -3.33.